The lowest BCUT2D eigenvalue weighted by molar-refractivity contribution is -0.281. The van der Waals surface area contributed by atoms with Crippen LogP contribution in [0.5, 0.6) is 0 Å². The van der Waals surface area contributed by atoms with Crippen LogP contribution in [0.3, 0.4) is 0 Å². The average molecular weight is 191 g/mol. The van der Waals surface area contributed by atoms with Crippen molar-refractivity contribution in [2.24, 2.45) is 0 Å². The SMILES string of the molecule is CCCCN1COC(O)C(O)C1O. The minimum atomic E-state index is -1.27. The Morgan fingerprint density at radius 2 is 2.08 bits per heavy atom. The van der Waals surface area contributed by atoms with Crippen molar-refractivity contribution in [3.05, 3.63) is 0 Å². The lowest BCUT2D eigenvalue weighted by Gasteiger charge is -2.37. The molecule has 3 unspecified atom stereocenters. The summed E-state index contributed by atoms with van der Waals surface area (Å²) in [5, 5.41) is 27.8. The minimum Gasteiger partial charge on any atom is -0.384 e. The summed E-state index contributed by atoms with van der Waals surface area (Å²) in [4.78, 5) is 1.60. The highest BCUT2D eigenvalue weighted by atomic mass is 16.6. The molecule has 1 heterocycles. The zero-order valence-electron chi connectivity index (χ0n) is 7.76. The highest BCUT2D eigenvalue weighted by Gasteiger charge is 2.34. The van der Waals surface area contributed by atoms with Gasteiger partial charge in [-0.15, -0.1) is 0 Å². The Bertz CT molecular complexity index is 153. The summed E-state index contributed by atoms with van der Waals surface area (Å²) >= 11 is 0. The third kappa shape index (κ3) is 2.62. The van der Waals surface area contributed by atoms with Gasteiger partial charge in [0.05, 0.1) is 0 Å². The zero-order chi connectivity index (χ0) is 9.84. The van der Waals surface area contributed by atoms with Crippen molar-refractivity contribution >= 4 is 0 Å². The Balaban J connectivity index is 2.39. The summed E-state index contributed by atoms with van der Waals surface area (Å²) in [7, 11) is 0. The number of hydrogen-bond donors (Lipinski definition) is 3. The number of hydrogen-bond acceptors (Lipinski definition) is 5. The second-order valence-electron chi connectivity index (χ2n) is 3.26. The topological polar surface area (TPSA) is 73.2 Å². The molecular formula is C8H17NO4. The highest BCUT2D eigenvalue weighted by molar-refractivity contribution is 4.74. The molecule has 1 saturated heterocycles. The Kier molecular flexibility index (Phi) is 4.08. The van der Waals surface area contributed by atoms with E-state index < -0.39 is 18.6 Å². The summed E-state index contributed by atoms with van der Waals surface area (Å²) in [5.74, 6) is 0. The Labute approximate surface area is 77.5 Å². The standard InChI is InChI=1S/C8H17NO4/c1-2-3-4-9-5-13-8(12)6(10)7(9)11/h6-8,10-12H,2-5H2,1H3. The number of aliphatic hydroxyl groups excluding tert-OH is 3. The fourth-order valence-corrected chi connectivity index (χ4v) is 1.27. The van der Waals surface area contributed by atoms with Gasteiger partial charge in [0.1, 0.15) is 19.1 Å². The molecule has 0 spiro atoms. The van der Waals surface area contributed by atoms with Gasteiger partial charge < -0.3 is 20.1 Å². The van der Waals surface area contributed by atoms with Crippen LogP contribution in [0.15, 0.2) is 0 Å². The monoisotopic (exact) mass is 191 g/mol. The molecule has 13 heavy (non-hydrogen) atoms. The first-order chi connectivity index (χ1) is 6.16. The van der Waals surface area contributed by atoms with Crippen LogP contribution in [0.1, 0.15) is 19.8 Å². The van der Waals surface area contributed by atoms with Crippen molar-refractivity contribution in [1.82, 2.24) is 4.90 Å². The van der Waals surface area contributed by atoms with Crippen molar-refractivity contribution in [2.45, 2.75) is 38.4 Å². The third-order valence-corrected chi connectivity index (χ3v) is 2.18. The van der Waals surface area contributed by atoms with Crippen LogP contribution in [0.4, 0.5) is 0 Å². The van der Waals surface area contributed by atoms with Crippen LogP contribution in [0, 0.1) is 0 Å². The molecular weight excluding hydrogens is 174 g/mol. The second kappa shape index (κ2) is 4.88. The molecule has 0 aromatic rings. The summed E-state index contributed by atoms with van der Waals surface area (Å²) in [6.07, 6.45) is -1.57. The first-order valence-corrected chi connectivity index (χ1v) is 4.56. The van der Waals surface area contributed by atoms with Crippen molar-refractivity contribution in [1.29, 1.82) is 0 Å². The van der Waals surface area contributed by atoms with Gasteiger partial charge in [-0.2, -0.15) is 0 Å². The average Bonchev–Trinajstić information content (AvgIpc) is 2.13. The van der Waals surface area contributed by atoms with Gasteiger partial charge in [0, 0.05) is 6.54 Å². The highest BCUT2D eigenvalue weighted by Crippen LogP contribution is 2.14. The van der Waals surface area contributed by atoms with E-state index in [4.69, 9.17) is 9.84 Å². The second-order valence-corrected chi connectivity index (χ2v) is 3.26. The lowest BCUT2D eigenvalue weighted by Crippen LogP contribution is -2.56. The fourth-order valence-electron chi connectivity index (χ4n) is 1.27. The molecule has 1 rings (SSSR count). The van der Waals surface area contributed by atoms with Crippen LogP contribution >= 0.6 is 0 Å². The molecule has 5 heteroatoms. The zero-order valence-corrected chi connectivity index (χ0v) is 7.76. The fraction of sp³-hybridized carbons (Fsp3) is 1.00. The van der Waals surface area contributed by atoms with Gasteiger partial charge in [-0.25, -0.2) is 0 Å². The summed E-state index contributed by atoms with van der Waals surface area (Å²) in [5.41, 5.74) is 0. The number of aliphatic hydroxyl groups is 3. The van der Waals surface area contributed by atoms with Gasteiger partial charge in [-0.3, -0.25) is 4.90 Å². The van der Waals surface area contributed by atoms with Gasteiger partial charge >= 0.3 is 0 Å². The first-order valence-electron chi connectivity index (χ1n) is 4.56. The quantitative estimate of drug-likeness (QED) is 0.537. The smallest absolute Gasteiger partial charge is 0.186 e. The van der Waals surface area contributed by atoms with Crippen molar-refractivity contribution in [2.75, 3.05) is 13.3 Å². The molecule has 0 radical (unpaired) electrons. The molecule has 0 bridgehead atoms. The molecule has 0 amide bonds. The number of nitrogens with zero attached hydrogens (tertiary/aromatic N) is 1. The van der Waals surface area contributed by atoms with E-state index >= 15 is 0 Å². The molecule has 5 nitrogen and oxygen atoms in total. The van der Waals surface area contributed by atoms with Gasteiger partial charge in [0.2, 0.25) is 0 Å². The van der Waals surface area contributed by atoms with Gasteiger partial charge in [-0.1, -0.05) is 13.3 Å². The van der Waals surface area contributed by atoms with Crippen LogP contribution in [0.2, 0.25) is 0 Å². The molecule has 0 saturated carbocycles. The van der Waals surface area contributed by atoms with E-state index in [0.29, 0.717) is 6.54 Å². The van der Waals surface area contributed by atoms with E-state index in [1.807, 2.05) is 6.92 Å². The van der Waals surface area contributed by atoms with Crippen LogP contribution in [-0.4, -0.2) is 52.1 Å². The normalized spacial score (nSPS) is 36.5. The van der Waals surface area contributed by atoms with Crippen molar-refractivity contribution in [3.63, 3.8) is 0 Å². The van der Waals surface area contributed by atoms with Crippen LogP contribution < -0.4 is 0 Å². The molecule has 0 aromatic carbocycles. The van der Waals surface area contributed by atoms with Crippen molar-refractivity contribution in [3.8, 4) is 0 Å². The summed E-state index contributed by atoms with van der Waals surface area (Å²) in [6.45, 7) is 2.88. The predicted octanol–water partition coefficient (Wildman–Crippen LogP) is -0.926. The van der Waals surface area contributed by atoms with E-state index in [-0.39, 0.29) is 6.73 Å². The van der Waals surface area contributed by atoms with E-state index in [9.17, 15) is 10.2 Å². The first kappa shape index (κ1) is 10.9. The van der Waals surface area contributed by atoms with E-state index in [1.54, 1.807) is 4.90 Å². The van der Waals surface area contributed by atoms with Gasteiger partial charge in [-0.05, 0) is 6.42 Å². The maximum atomic E-state index is 9.47. The third-order valence-electron chi connectivity index (χ3n) is 2.18. The number of rotatable bonds is 3. The van der Waals surface area contributed by atoms with Crippen molar-refractivity contribution < 1.29 is 20.1 Å². The largest absolute Gasteiger partial charge is 0.384 e. The molecule has 0 aromatic heterocycles. The van der Waals surface area contributed by atoms with E-state index in [0.717, 1.165) is 12.8 Å². The summed E-state index contributed by atoms with van der Waals surface area (Å²) < 4.78 is 4.84. The maximum Gasteiger partial charge on any atom is 0.186 e. The molecule has 3 N–H and O–H groups in total. The molecule has 3 atom stereocenters. The molecule has 1 fully saturated rings. The molecule has 0 aliphatic carbocycles. The summed E-state index contributed by atoms with van der Waals surface area (Å²) in [6, 6.07) is 0. The predicted molar refractivity (Wildman–Crippen MR) is 45.6 cm³/mol. The van der Waals surface area contributed by atoms with E-state index in [1.165, 1.54) is 0 Å². The Morgan fingerprint density at radius 1 is 1.38 bits per heavy atom. The Hall–Kier alpha value is -0.200. The maximum absolute atomic E-state index is 9.47. The number of unbranched alkanes of at least 4 members (excludes halogenated alkanes) is 1. The number of ether oxygens (including phenoxy) is 1. The lowest BCUT2D eigenvalue weighted by atomic mass is 10.2. The molecule has 1 aliphatic rings. The minimum absolute atomic E-state index is 0.166. The van der Waals surface area contributed by atoms with E-state index in [2.05, 4.69) is 0 Å². The van der Waals surface area contributed by atoms with Gasteiger partial charge in [0.15, 0.2) is 6.29 Å². The van der Waals surface area contributed by atoms with Crippen LogP contribution in [0.25, 0.3) is 0 Å². The van der Waals surface area contributed by atoms with Crippen LogP contribution in [-0.2, 0) is 4.74 Å². The molecule has 78 valence electrons. The van der Waals surface area contributed by atoms with Gasteiger partial charge in [0.25, 0.3) is 0 Å². The molecule has 1 aliphatic heterocycles. The Morgan fingerprint density at radius 3 is 2.69 bits per heavy atom.